The average molecular weight is 193 g/mol. The van der Waals surface area contributed by atoms with Crippen LogP contribution in [0.1, 0.15) is 44.9 Å². The molecule has 0 N–H and O–H groups in total. The fraction of sp³-hybridized carbons (Fsp3) is 0.917. The highest BCUT2D eigenvalue weighted by Gasteiger charge is 2.42. The highest BCUT2D eigenvalue weighted by molar-refractivity contribution is 5.81. The van der Waals surface area contributed by atoms with Crippen molar-refractivity contribution in [2.24, 2.45) is 11.8 Å². The van der Waals surface area contributed by atoms with Crippen molar-refractivity contribution in [3.05, 3.63) is 0 Å². The van der Waals surface area contributed by atoms with E-state index in [0.717, 1.165) is 25.3 Å². The standard InChI is InChI=1S/C12H19NO/c14-12(10-5-6-10)13-8-7-9-3-1-2-4-11(9)13/h9-11H,1-8H2. The molecule has 2 unspecified atom stereocenters. The number of hydrogen-bond donors (Lipinski definition) is 0. The van der Waals surface area contributed by atoms with Crippen LogP contribution in [0.2, 0.25) is 0 Å². The number of nitrogens with zero attached hydrogens (tertiary/aromatic N) is 1. The zero-order chi connectivity index (χ0) is 9.54. The van der Waals surface area contributed by atoms with Crippen molar-refractivity contribution >= 4 is 5.91 Å². The highest BCUT2D eigenvalue weighted by atomic mass is 16.2. The zero-order valence-corrected chi connectivity index (χ0v) is 8.74. The lowest BCUT2D eigenvalue weighted by Crippen LogP contribution is -2.40. The van der Waals surface area contributed by atoms with Crippen molar-refractivity contribution in [3.63, 3.8) is 0 Å². The van der Waals surface area contributed by atoms with Crippen LogP contribution in [0.4, 0.5) is 0 Å². The van der Waals surface area contributed by atoms with Gasteiger partial charge in [0.05, 0.1) is 0 Å². The molecule has 0 aromatic carbocycles. The largest absolute Gasteiger partial charge is 0.339 e. The molecule has 0 radical (unpaired) electrons. The minimum Gasteiger partial charge on any atom is -0.339 e. The molecule has 0 bridgehead atoms. The molecule has 2 aliphatic carbocycles. The third-order valence-corrected chi connectivity index (χ3v) is 4.22. The normalized spacial score (nSPS) is 37.0. The van der Waals surface area contributed by atoms with E-state index in [1.807, 2.05) is 0 Å². The quantitative estimate of drug-likeness (QED) is 0.625. The third kappa shape index (κ3) is 1.35. The summed E-state index contributed by atoms with van der Waals surface area (Å²) < 4.78 is 0. The minimum absolute atomic E-state index is 0.427. The van der Waals surface area contributed by atoms with E-state index in [4.69, 9.17) is 0 Å². The summed E-state index contributed by atoms with van der Waals surface area (Å²) in [4.78, 5) is 14.2. The second kappa shape index (κ2) is 3.25. The molecule has 1 heterocycles. The molecule has 1 saturated heterocycles. The number of fused-ring (bicyclic) bond motifs is 1. The van der Waals surface area contributed by atoms with Gasteiger partial charge in [0, 0.05) is 18.5 Å². The van der Waals surface area contributed by atoms with Crippen molar-refractivity contribution in [2.45, 2.75) is 51.0 Å². The van der Waals surface area contributed by atoms with E-state index in [2.05, 4.69) is 4.90 Å². The number of likely N-dealkylation sites (tertiary alicyclic amines) is 1. The first-order valence-corrected chi connectivity index (χ1v) is 6.17. The molecule has 1 aliphatic heterocycles. The SMILES string of the molecule is O=C(C1CC1)N1CCC2CCCCC21. The molecule has 2 atom stereocenters. The van der Waals surface area contributed by atoms with Gasteiger partial charge in [0.15, 0.2) is 0 Å². The van der Waals surface area contributed by atoms with Gasteiger partial charge in [-0.25, -0.2) is 0 Å². The molecule has 2 nitrogen and oxygen atoms in total. The van der Waals surface area contributed by atoms with Crippen LogP contribution < -0.4 is 0 Å². The molecule has 0 spiro atoms. The summed E-state index contributed by atoms with van der Waals surface area (Å²) in [6, 6.07) is 0.636. The lowest BCUT2D eigenvalue weighted by Gasteiger charge is -2.31. The van der Waals surface area contributed by atoms with E-state index in [1.54, 1.807) is 0 Å². The Kier molecular flexibility index (Phi) is 2.03. The van der Waals surface area contributed by atoms with Gasteiger partial charge in [0.1, 0.15) is 0 Å². The predicted molar refractivity (Wildman–Crippen MR) is 54.8 cm³/mol. The van der Waals surface area contributed by atoms with Crippen molar-refractivity contribution in [3.8, 4) is 0 Å². The maximum absolute atomic E-state index is 12.0. The summed E-state index contributed by atoms with van der Waals surface area (Å²) in [5.41, 5.74) is 0. The monoisotopic (exact) mass is 193 g/mol. The van der Waals surface area contributed by atoms with Crippen molar-refractivity contribution in [2.75, 3.05) is 6.54 Å². The molecule has 2 saturated carbocycles. The summed E-state index contributed by atoms with van der Waals surface area (Å²) in [5, 5.41) is 0. The van der Waals surface area contributed by atoms with Crippen LogP contribution in [-0.2, 0) is 4.79 Å². The molecular formula is C12H19NO. The molecule has 1 amide bonds. The Balaban J connectivity index is 1.71. The number of hydrogen-bond acceptors (Lipinski definition) is 1. The van der Waals surface area contributed by atoms with Gasteiger partial charge < -0.3 is 4.90 Å². The maximum Gasteiger partial charge on any atom is 0.225 e. The number of rotatable bonds is 1. The van der Waals surface area contributed by atoms with Crippen LogP contribution in [0.3, 0.4) is 0 Å². The van der Waals surface area contributed by atoms with Gasteiger partial charge >= 0.3 is 0 Å². The Morgan fingerprint density at radius 1 is 1.00 bits per heavy atom. The molecule has 78 valence electrons. The lowest BCUT2D eigenvalue weighted by atomic mass is 9.85. The van der Waals surface area contributed by atoms with Crippen LogP contribution in [0.15, 0.2) is 0 Å². The summed E-state index contributed by atoms with van der Waals surface area (Å²) in [6.07, 6.45) is 8.99. The Hall–Kier alpha value is -0.530. The molecule has 3 rings (SSSR count). The molecular weight excluding hydrogens is 174 g/mol. The first kappa shape index (κ1) is 8.75. The fourth-order valence-electron chi connectivity index (χ4n) is 3.24. The number of carbonyl (C=O) groups is 1. The van der Waals surface area contributed by atoms with Crippen LogP contribution >= 0.6 is 0 Å². The van der Waals surface area contributed by atoms with Crippen LogP contribution in [0.25, 0.3) is 0 Å². The maximum atomic E-state index is 12.0. The number of carbonyl (C=O) groups excluding carboxylic acids is 1. The van der Waals surface area contributed by atoms with Crippen LogP contribution in [-0.4, -0.2) is 23.4 Å². The second-order valence-electron chi connectivity index (χ2n) is 5.21. The van der Waals surface area contributed by atoms with Gasteiger partial charge in [-0.15, -0.1) is 0 Å². The Labute approximate surface area is 85.7 Å². The van der Waals surface area contributed by atoms with Gasteiger partial charge in [-0.1, -0.05) is 12.8 Å². The fourth-order valence-corrected chi connectivity index (χ4v) is 3.24. The Morgan fingerprint density at radius 2 is 1.79 bits per heavy atom. The minimum atomic E-state index is 0.427. The lowest BCUT2D eigenvalue weighted by molar-refractivity contribution is -0.134. The van der Waals surface area contributed by atoms with Gasteiger partial charge in [0.25, 0.3) is 0 Å². The first-order chi connectivity index (χ1) is 6.86. The van der Waals surface area contributed by atoms with Gasteiger partial charge in [0.2, 0.25) is 5.91 Å². The Bertz CT molecular complexity index is 247. The van der Waals surface area contributed by atoms with E-state index < -0.39 is 0 Å². The van der Waals surface area contributed by atoms with E-state index in [-0.39, 0.29) is 0 Å². The molecule has 3 fully saturated rings. The summed E-state index contributed by atoms with van der Waals surface area (Å²) in [7, 11) is 0. The first-order valence-electron chi connectivity index (χ1n) is 6.17. The highest BCUT2D eigenvalue weighted by Crippen LogP contribution is 2.40. The van der Waals surface area contributed by atoms with Gasteiger partial charge in [-0.3, -0.25) is 4.79 Å². The zero-order valence-electron chi connectivity index (χ0n) is 8.74. The third-order valence-electron chi connectivity index (χ3n) is 4.22. The van der Waals surface area contributed by atoms with Gasteiger partial charge in [-0.05, 0) is 38.0 Å². The van der Waals surface area contributed by atoms with Crippen LogP contribution in [0, 0.1) is 11.8 Å². The van der Waals surface area contributed by atoms with Crippen molar-refractivity contribution in [1.82, 2.24) is 4.90 Å². The summed E-state index contributed by atoms with van der Waals surface area (Å²) in [5.74, 6) is 1.77. The van der Waals surface area contributed by atoms with Crippen molar-refractivity contribution < 1.29 is 4.79 Å². The van der Waals surface area contributed by atoms with Gasteiger partial charge in [-0.2, -0.15) is 0 Å². The molecule has 14 heavy (non-hydrogen) atoms. The Morgan fingerprint density at radius 3 is 2.57 bits per heavy atom. The predicted octanol–water partition coefficient (Wildman–Crippen LogP) is 2.19. The molecule has 3 aliphatic rings. The molecule has 0 aromatic heterocycles. The van der Waals surface area contributed by atoms with E-state index >= 15 is 0 Å². The number of amides is 1. The summed E-state index contributed by atoms with van der Waals surface area (Å²) in [6.45, 7) is 1.06. The molecule has 2 heteroatoms. The smallest absolute Gasteiger partial charge is 0.225 e. The van der Waals surface area contributed by atoms with E-state index in [1.165, 1.54) is 32.1 Å². The second-order valence-corrected chi connectivity index (χ2v) is 5.21. The van der Waals surface area contributed by atoms with Crippen LogP contribution in [0.5, 0.6) is 0 Å². The van der Waals surface area contributed by atoms with Crippen molar-refractivity contribution in [1.29, 1.82) is 0 Å². The summed E-state index contributed by atoms with van der Waals surface area (Å²) >= 11 is 0. The van der Waals surface area contributed by atoms with E-state index in [0.29, 0.717) is 17.9 Å². The average Bonchev–Trinajstić information content (AvgIpc) is 2.97. The van der Waals surface area contributed by atoms with E-state index in [9.17, 15) is 4.79 Å². The molecule has 0 aromatic rings. The topological polar surface area (TPSA) is 20.3 Å².